The third kappa shape index (κ3) is 1.70. The Morgan fingerprint density at radius 1 is 1.29 bits per heavy atom. The van der Waals surface area contributed by atoms with Crippen LogP contribution in [0.25, 0.3) is 10.9 Å². The molecule has 1 aromatic heterocycles. The second-order valence-electron chi connectivity index (χ2n) is 3.55. The number of carboxylic acids is 1. The van der Waals surface area contributed by atoms with Gasteiger partial charge in [0, 0.05) is 15.6 Å². The van der Waals surface area contributed by atoms with Crippen LogP contribution >= 0.6 is 15.9 Å². The van der Waals surface area contributed by atoms with E-state index in [0.29, 0.717) is 21.1 Å². The van der Waals surface area contributed by atoms with Crippen LogP contribution in [-0.4, -0.2) is 26.8 Å². The molecule has 0 bridgehead atoms. The Labute approximate surface area is 104 Å². The third-order valence-corrected chi connectivity index (χ3v) is 3.57. The normalized spacial score (nSPS) is 10.7. The highest BCUT2D eigenvalue weighted by molar-refractivity contribution is 9.10. The molecule has 0 saturated heterocycles. The van der Waals surface area contributed by atoms with Crippen LogP contribution in [-0.2, 0) is 0 Å². The summed E-state index contributed by atoms with van der Waals surface area (Å²) in [5, 5.41) is 18.5. The molecule has 1 heterocycles. The number of aromatic carboxylic acids is 1. The summed E-state index contributed by atoms with van der Waals surface area (Å²) in [6.45, 7) is 1.65. The van der Waals surface area contributed by atoms with Crippen LogP contribution in [0.3, 0.4) is 0 Å². The highest BCUT2D eigenvalue weighted by atomic mass is 79.9. The van der Waals surface area contributed by atoms with E-state index in [1.165, 1.54) is 18.2 Å². The second kappa shape index (κ2) is 3.89. The van der Waals surface area contributed by atoms with Gasteiger partial charge in [-0.25, -0.2) is 14.2 Å². The molecular weight excluding hydrogens is 290 g/mol. The average Bonchev–Trinajstić information content (AvgIpc) is 2.51. The molecule has 88 valence electrons. The van der Waals surface area contributed by atoms with Gasteiger partial charge in [0.15, 0.2) is 0 Å². The van der Waals surface area contributed by atoms with Crippen molar-refractivity contribution in [2.75, 3.05) is 0 Å². The summed E-state index contributed by atoms with van der Waals surface area (Å²) >= 11 is 3.28. The highest BCUT2D eigenvalue weighted by Crippen LogP contribution is 2.31. The topological polar surface area (TPSA) is 79.5 Å². The Morgan fingerprint density at radius 3 is 2.47 bits per heavy atom. The number of benzene rings is 1. The van der Waals surface area contributed by atoms with Crippen LogP contribution in [0.1, 0.15) is 16.1 Å². The van der Waals surface area contributed by atoms with Gasteiger partial charge in [0.05, 0.1) is 11.1 Å². The monoisotopic (exact) mass is 297 g/mol. The van der Waals surface area contributed by atoms with E-state index in [4.69, 9.17) is 10.2 Å². The number of rotatable bonds is 1. The van der Waals surface area contributed by atoms with Gasteiger partial charge in [-0.1, -0.05) is 0 Å². The van der Waals surface area contributed by atoms with E-state index in [1.807, 2.05) is 0 Å². The summed E-state index contributed by atoms with van der Waals surface area (Å²) in [5.41, 5.74) is 1.11. The van der Waals surface area contributed by atoms with Gasteiger partial charge in [0.2, 0.25) is 0 Å². The van der Waals surface area contributed by atoms with E-state index in [0.717, 1.165) is 4.57 Å². The summed E-state index contributed by atoms with van der Waals surface area (Å²) in [5.74, 6) is -1.04. The number of halogens is 1. The zero-order valence-electron chi connectivity index (χ0n) is 8.77. The maximum absolute atomic E-state index is 11.1. The van der Waals surface area contributed by atoms with Crippen molar-refractivity contribution >= 4 is 38.9 Å². The predicted octanol–water partition coefficient (Wildman–Crippen LogP) is 2.94. The van der Waals surface area contributed by atoms with Crippen molar-refractivity contribution in [2.45, 2.75) is 6.92 Å². The summed E-state index contributed by atoms with van der Waals surface area (Å²) < 4.78 is 1.71. The number of carbonyl (C=O) groups is 2. The van der Waals surface area contributed by atoms with E-state index < -0.39 is 12.1 Å². The first-order valence-corrected chi connectivity index (χ1v) is 5.50. The van der Waals surface area contributed by atoms with Gasteiger partial charge in [-0.3, -0.25) is 0 Å². The molecule has 2 N–H and O–H groups in total. The fourth-order valence-corrected chi connectivity index (χ4v) is 2.26. The number of nitrogens with zero attached hydrogens (tertiary/aromatic N) is 1. The molecule has 17 heavy (non-hydrogen) atoms. The number of fused-ring (bicyclic) bond motifs is 1. The van der Waals surface area contributed by atoms with Gasteiger partial charge in [-0.05, 0) is 41.1 Å². The van der Waals surface area contributed by atoms with Crippen molar-refractivity contribution in [3.8, 4) is 0 Å². The largest absolute Gasteiger partial charge is 0.478 e. The molecule has 2 rings (SSSR count). The van der Waals surface area contributed by atoms with Gasteiger partial charge < -0.3 is 10.2 Å². The summed E-state index contributed by atoms with van der Waals surface area (Å²) in [6, 6.07) is 4.33. The van der Waals surface area contributed by atoms with Crippen molar-refractivity contribution in [1.82, 2.24) is 4.57 Å². The lowest BCUT2D eigenvalue weighted by Crippen LogP contribution is -2.09. The minimum Gasteiger partial charge on any atom is -0.478 e. The molecule has 0 atom stereocenters. The number of hydrogen-bond donors (Lipinski definition) is 2. The first-order chi connectivity index (χ1) is 7.93. The van der Waals surface area contributed by atoms with E-state index in [9.17, 15) is 9.59 Å². The van der Waals surface area contributed by atoms with Gasteiger partial charge in [-0.15, -0.1) is 0 Å². The minimum atomic E-state index is -1.10. The molecule has 0 saturated carbocycles. The van der Waals surface area contributed by atoms with Gasteiger partial charge in [0.25, 0.3) is 0 Å². The van der Waals surface area contributed by atoms with Crippen molar-refractivity contribution in [3.05, 3.63) is 33.9 Å². The van der Waals surface area contributed by atoms with Crippen molar-refractivity contribution in [2.24, 2.45) is 0 Å². The number of hydrogen-bond acceptors (Lipinski definition) is 2. The molecule has 0 fully saturated rings. The zero-order valence-corrected chi connectivity index (χ0v) is 10.4. The number of aromatic nitrogens is 1. The molecule has 1 aromatic carbocycles. The maximum Gasteiger partial charge on any atom is 0.416 e. The van der Waals surface area contributed by atoms with E-state index in [1.54, 1.807) is 6.92 Å². The average molecular weight is 298 g/mol. The second-order valence-corrected chi connectivity index (χ2v) is 4.35. The lowest BCUT2D eigenvalue weighted by atomic mass is 10.1. The first-order valence-electron chi connectivity index (χ1n) is 4.70. The Hall–Kier alpha value is -1.82. The van der Waals surface area contributed by atoms with E-state index in [-0.39, 0.29) is 5.56 Å². The summed E-state index contributed by atoms with van der Waals surface area (Å²) in [6.07, 6.45) is -1.10. The molecule has 0 amide bonds. The first kappa shape index (κ1) is 11.7. The Bertz CT molecular complexity index is 644. The SMILES string of the molecule is Cc1c(Br)c2cc(C(=O)O)ccc2n1C(=O)O. The van der Waals surface area contributed by atoms with Crippen molar-refractivity contribution in [3.63, 3.8) is 0 Å². The third-order valence-electron chi connectivity index (χ3n) is 2.57. The fourth-order valence-electron chi connectivity index (χ4n) is 1.76. The zero-order chi connectivity index (χ0) is 12.7. The van der Waals surface area contributed by atoms with Gasteiger partial charge in [-0.2, -0.15) is 0 Å². The highest BCUT2D eigenvalue weighted by Gasteiger charge is 2.17. The lowest BCUT2D eigenvalue weighted by Gasteiger charge is -2.00. The standard InChI is InChI=1S/C11H8BrNO4/c1-5-9(12)7-4-6(10(14)15)2-3-8(7)13(5)11(16)17/h2-4H,1H3,(H,14,15)(H,16,17). The molecule has 0 unspecified atom stereocenters. The molecule has 6 heteroatoms. The van der Waals surface area contributed by atoms with Crippen LogP contribution in [0.2, 0.25) is 0 Å². The van der Waals surface area contributed by atoms with Crippen molar-refractivity contribution in [1.29, 1.82) is 0 Å². The Morgan fingerprint density at radius 2 is 1.94 bits per heavy atom. The maximum atomic E-state index is 11.1. The quantitative estimate of drug-likeness (QED) is 0.848. The molecule has 5 nitrogen and oxygen atoms in total. The van der Waals surface area contributed by atoms with Crippen molar-refractivity contribution < 1.29 is 19.8 Å². The van der Waals surface area contributed by atoms with Crippen LogP contribution in [0.5, 0.6) is 0 Å². The summed E-state index contributed by atoms with van der Waals surface area (Å²) in [4.78, 5) is 21.9. The van der Waals surface area contributed by atoms with Crippen LogP contribution in [0.15, 0.2) is 22.7 Å². The van der Waals surface area contributed by atoms with Crippen LogP contribution in [0.4, 0.5) is 4.79 Å². The van der Waals surface area contributed by atoms with Crippen LogP contribution < -0.4 is 0 Å². The molecule has 0 spiro atoms. The van der Waals surface area contributed by atoms with E-state index in [2.05, 4.69) is 15.9 Å². The van der Waals surface area contributed by atoms with Gasteiger partial charge in [0.1, 0.15) is 0 Å². The lowest BCUT2D eigenvalue weighted by molar-refractivity contribution is 0.0697. The van der Waals surface area contributed by atoms with Gasteiger partial charge >= 0.3 is 12.1 Å². The van der Waals surface area contributed by atoms with Crippen LogP contribution in [0, 0.1) is 6.92 Å². The fraction of sp³-hybridized carbons (Fsp3) is 0.0909. The van der Waals surface area contributed by atoms with E-state index >= 15 is 0 Å². The Balaban J connectivity index is 2.85. The molecule has 0 aliphatic rings. The minimum absolute atomic E-state index is 0.126. The number of carboxylic acid groups (broad SMARTS) is 2. The Kier molecular flexibility index (Phi) is 2.66. The molecule has 0 aliphatic heterocycles. The molecular formula is C11H8BrNO4. The molecule has 2 aromatic rings. The smallest absolute Gasteiger partial charge is 0.416 e. The predicted molar refractivity (Wildman–Crippen MR) is 64.8 cm³/mol. The molecule has 0 aliphatic carbocycles. The summed E-state index contributed by atoms with van der Waals surface area (Å²) in [7, 11) is 0. The molecule has 0 radical (unpaired) electrons.